The van der Waals surface area contributed by atoms with Gasteiger partial charge in [0.15, 0.2) is 0 Å². The van der Waals surface area contributed by atoms with Crippen molar-refractivity contribution in [1.82, 2.24) is 10.6 Å². The van der Waals surface area contributed by atoms with Crippen LogP contribution in [0.15, 0.2) is 42.5 Å². The molecule has 2 aromatic rings. The first-order valence-corrected chi connectivity index (χ1v) is 9.82. The number of hydrogen-bond acceptors (Lipinski definition) is 3. The molecule has 1 atom stereocenters. The van der Waals surface area contributed by atoms with E-state index < -0.39 is 5.97 Å². The fourth-order valence-electron chi connectivity index (χ4n) is 4.03. The van der Waals surface area contributed by atoms with Crippen molar-refractivity contribution in [3.8, 4) is 0 Å². The minimum Gasteiger partial charge on any atom is -0.481 e. The molecule has 0 radical (unpaired) electrons. The number of urea groups is 1. The molecular formula is C22H25N3O3. The van der Waals surface area contributed by atoms with Crippen LogP contribution < -0.4 is 15.5 Å². The Morgan fingerprint density at radius 3 is 2.57 bits per heavy atom. The minimum absolute atomic E-state index is 0.0667. The summed E-state index contributed by atoms with van der Waals surface area (Å²) in [7, 11) is 0. The zero-order chi connectivity index (χ0) is 19.5. The van der Waals surface area contributed by atoms with Crippen molar-refractivity contribution in [2.45, 2.75) is 31.7 Å². The van der Waals surface area contributed by atoms with Crippen molar-refractivity contribution in [2.24, 2.45) is 0 Å². The Balaban J connectivity index is 1.57. The van der Waals surface area contributed by atoms with Crippen LogP contribution in [0.5, 0.6) is 0 Å². The second-order valence-electron chi connectivity index (χ2n) is 7.41. The van der Waals surface area contributed by atoms with Gasteiger partial charge in [-0.1, -0.05) is 30.3 Å². The largest absolute Gasteiger partial charge is 0.481 e. The van der Waals surface area contributed by atoms with E-state index in [0.717, 1.165) is 42.7 Å². The summed E-state index contributed by atoms with van der Waals surface area (Å²) < 4.78 is 0. The van der Waals surface area contributed by atoms with Gasteiger partial charge in [0.05, 0.1) is 6.04 Å². The van der Waals surface area contributed by atoms with Crippen molar-refractivity contribution in [3.05, 3.63) is 64.7 Å². The zero-order valence-corrected chi connectivity index (χ0v) is 15.8. The lowest BCUT2D eigenvalue weighted by Crippen LogP contribution is -2.29. The van der Waals surface area contributed by atoms with E-state index in [1.54, 1.807) is 0 Å². The number of hydrogen-bond donors (Lipinski definition) is 3. The van der Waals surface area contributed by atoms with Crippen LogP contribution in [0.1, 0.15) is 34.7 Å². The van der Waals surface area contributed by atoms with E-state index >= 15 is 0 Å². The maximum Gasteiger partial charge on any atom is 0.322 e. The third kappa shape index (κ3) is 3.87. The average molecular weight is 379 g/mol. The second-order valence-corrected chi connectivity index (χ2v) is 7.41. The summed E-state index contributed by atoms with van der Waals surface area (Å²) in [5.74, 6) is -0.792. The summed E-state index contributed by atoms with van der Waals surface area (Å²) in [4.78, 5) is 25.2. The highest BCUT2D eigenvalue weighted by molar-refractivity contribution is 5.95. The van der Waals surface area contributed by atoms with Crippen molar-refractivity contribution in [1.29, 1.82) is 0 Å². The maximum atomic E-state index is 12.6. The van der Waals surface area contributed by atoms with E-state index in [9.17, 15) is 9.59 Å². The van der Waals surface area contributed by atoms with Crippen LogP contribution in [-0.4, -0.2) is 36.7 Å². The molecule has 0 aromatic heterocycles. The van der Waals surface area contributed by atoms with E-state index in [-0.39, 0.29) is 18.5 Å². The van der Waals surface area contributed by atoms with Gasteiger partial charge in [-0.05, 0) is 66.7 Å². The lowest BCUT2D eigenvalue weighted by Gasteiger charge is -2.25. The monoisotopic (exact) mass is 379 g/mol. The maximum absolute atomic E-state index is 12.6. The Kier molecular flexibility index (Phi) is 5.30. The molecule has 1 saturated heterocycles. The number of fused-ring (bicyclic) bond motifs is 1. The van der Waals surface area contributed by atoms with Crippen molar-refractivity contribution in [2.75, 3.05) is 24.5 Å². The summed E-state index contributed by atoms with van der Waals surface area (Å²) in [5.41, 5.74) is 5.63. The van der Waals surface area contributed by atoms with Crippen molar-refractivity contribution >= 4 is 17.7 Å². The van der Waals surface area contributed by atoms with Crippen molar-refractivity contribution in [3.63, 3.8) is 0 Å². The number of nitrogens with zero attached hydrogens (tertiary/aromatic N) is 1. The number of carboxylic acids is 1. The highest BCUT2D eigenvalue weighted by atomic mass is 16.4. The molecule has 146 valence electrons. The first-order chi connectivity index (χ1) is 13.6. The molecule has 0 spiro atoms. The number of carboxylic acid groups (broad SMARTS) is 1. The molecule has 2 aliphatic heterocycles. The normalized spacial score (nSPS) is 19.1. The number of aryl methyl sites for hydroxylation is 1. The molecule has 6 heteroatoms. The zero-order valence-electron chi connectivity index (χ0n) is 15.8. The van der Waals surface area contributed by atoms with E-state index in [4.69, 9.17) is 5.11 Å². The van der Waals surface area contributed by atoms with Crippen LogP contribution >= 0.6 is 0 Å². The van der Waals surface area contributed by atoms with E-state index in [1.165, 1.54) is 11.1 Å². The van der Waals surface area contributed by atoms with Gasteiger partial charge in [-0.25, -0.2) is 4.79 Å². The fraction of sp³-hybridized carbons (Fsp3) is 0.364. The number of carbonyl (C=O) groups excluding carboxylic acids is 1. The Hall–Kier alpha value is -2.86. The molecule has 3 N–H and O–H groups in total. The van der Waals surface area contributed by atoms with Crippen LogP contribution in [0, 0.1) is 0 Å². The lowest BCUT2D eigenvalue weighted by molar-refractivity contribution is -0.136. The van der Waals surface area contributed by atoms with Gasteiger partial charge in [-0.15, -0.1) is 0 Å². The molecule has 2 heterocycles. The summed E-state index contributed by atoms with van der Waals surface area (Å²) >= 11 is 0. The van der Waals surface area contributed by atoms with E-state index in [1.807, 2.05) is 35.2 Å². The summed E-state index contributed by atoms with van der Waals surface area (Å²) in [6.45, 7) is 2.52. The molecule has 6 nitrogen and oxygen atoms in total. The van der Waals surface area contributed by atoms with Gasteiger partial charge in [-0.3, -0.25) is 9.69 Å². The summed E-state index contributed by atoms with van der Waals surface area (Å²) in [5, 5.41) is 15.2. The first kappa shape index (κ1) is 18.5. The standard InChI is InChI=1S/C22H25N3O3/c26-21(27)8-3-15-1-4-17(5-2-15)20-14-24-22(28)25(20)19-7-6-16-9-11-23-12-10-18(16)13-19/h1-2,4-7,13,20,23H,3,8-12,14H2,(H,24,28)(H,26,27). The van der Waals surface area contributed by atoms with Gasteiger partial charge in [0, 0.05) is 18.7 Å². The highest BCUT2D eigenvalue weighted by Gasteiger charge is 2.33. The number of rotatable bonds is 5. The topological polar surface area (TPSA) is 81.7 Å². The van der Waals surface area contributed by atoms with E-state index in [0.29, 0.717) is 13.0 Å². The van der Waals surface area contributed by atoms with E-state index in [2.05, 4.69) is 22.8 Å². The SMILES string of the molecule is O=C(O)CCc1ccc(C2CNC(=O)N2c2ccc3c(c2)CCNCC3)cc1. The summed E-state index contributed by atoms with van der Waals surface area (Å²) in [6, 6.07) is 14.1. The highest BCUT2D eigenvalue weighted by Crippen LogP contribution is 2.32. The average Bonchev–Trinajstić information content (AvgIpc) is 2.93. The molecule has 0 aliphatic carbocycles. The van der Waals surface area contributed by atoms with Crippen LogP contribution in [0.3, 0.4) is 0 Å². The van der Waals surface area contributed by atoms with Gasteiger partial charge >= 0.3 is 12.0 Å². The van der Waals surface area contributed by atoms with Crippen LogP contribution in [0.2, 0.25) is 0 Å². The number of aliphatic carboxylic acids is 1. The molecule has 1 fully saturated rings. The number of benzene rings is 2. The quantitative estimate of drug-likeness (QED) is 0.746. The van der Waals surface area contributed by atoms with Gasteiger partial charge in [0.1, 0.15) is 0 Å². The Morgan fingerprint density at radius 2 is 1.82 bits per heavy atom. The molecule has 1 unspecified atom stereocenters. The number of amides is 2. The van der Waals surface area contributed by atoms with Gasteiger partial charge in [-0.2, -0.15) is 0 Å². The van der Waals surface area contributed by atoms with Gasteiger partial charge in [0.2, 0.25) is 0 Å². The van der Waals surface area contributed by atoms with Gasteiger partial charge in [0.25, 0.3) is 0 Å². The molecule has 28 heavy (non-hydrogen) atoms. The Bertz CT molecular complexity index is 879. The van der Waals surface area contributed by atoms with Crippen LogP contribution in [0.4, 0.5) is 10.5 Å². The minimum atomic E-state index is -0.792. The number of anilines is 1. The molecule has 4 rings (SSSR count). The van der Waals surface area contributed by atoms with Gasteiger partial charge < -0.3 is 15.7 Å². The molecule has 2 aromatic carbocycles. The molecule has 0 saturated carbocycles. The van der Waals surface area contributed by atoms with Crippen LogP contribution in [0.25, 0.3) is 0 Å². The predicted octanol–water partition coefficient (Wildman–Crippen LogP) is 2.66. The molecule has 0 bridgehead atoms. The lowest BCUT2D eigenvalue weighted by atomic mass is 9.99. The Labute approximate surface area is 164 Å². The predicted molar refractivity (Wildman–Crippen MR) is 108 cm³/mol. The number of nitrogens with one attached hydrogen (secondary N) is 2. The fourth-order valence-corrected chi connectivity index (χ4v) is 4.03. The first-order valence-electron chi connectivity index (χ1n) is 9.82. The number of carbonyl (C=O) groups is 2. The molecule has 2 aliphatic rings. The molecule has 2 amide bonds. The molecular weight excluding hydrogens is 354 g/mol. The Morgan fingerprint density at radius 1 is 1.07 bits per heavy atom. The van der Waals surface area contributed by atoms with Crippen LogP contribution in [-0.2, 0) is 24.1 Å². The second kappa shape index (κ2) is 8.02. The van der Waals surface area contributed by atoms with Crippen molar-refractivity contribution < 1.29 is 14.7 Å². The summed E-state index contributed by atoms with van der Waals surface area (Å²) in [6.07, 6.45) is 2.63. The third-order valence-electron chi connectivity index (χ3n) is 5.58. The smallest absolute Gasteiger partial charge is 0.322 e. The third-order valence-corrected chi connectivity index (χ3v) is 5.58.